The highest BCUT2D eigenvalue weighted by Gasteiger charge is 1.97. The Morgan fingerprint density at radius 2 is 2.40 bits per heavy atom. The summed E-state index contributed by atoms with van der Waals surface area (Å²) in [6.45, 7) is 1.83. The largest absolute Gasteiger partial charge is 0.260 e. The van der Waals surface area contributed by atoms with Gasteiger partial charge in [-0.15, -0.1) is 0 Å². The molecule has 0 aliphatic heterocycles. The summed E-state index contributed by atoms with van der Waals surface area (Å²) in [6, 6.07) is 3.59. The summed E-state index contributed by atoms with van der Waals surface area (Å²) in [7, 11) is 0. The van der Waals surface area contributed by atoms with Crippen molar-refractivity contribution >= 4 is 11.6 Å². The lowest BCUT2D eigenvalue weighted by Crippen LogP contribution is -1.83. The first-order valence-corrected chi connectivity index (χ1v) is 3.14. The number of pyridine rings is 1. The molecule has 50 valence electrons. The van der Waals surface area contributed by atoms with Crippen molar-refractivity contribution < 1.29 is 0 Å². The van der Waals surface area contributed by atoms with Crippen LogP contribution in [-0.4, -0.2) is 4.98 Å². The molecule has 1 aromatic heterocycles. The van der Waals surface area contributed by atoms with Crippen molar-refractivity contribution in [2.24, 2.45) is 0 Å². The maximum atomic E-state index is 8.43. The predicted octanol–water partition coefficient (Wildman–Crippen LogP) is 1.92. The number of hydrogen-bond acceptors (Lipinski definition) is 2. The Morgan fingerprint density at radius 1 is 1.70 bits per heavy atom. The van der Waals surface area contributed by atoms with Gasteiger partial charge in [0.25, 0.3) is 0 Å². The van der Waals surface area contributed by atoms with Gasteiger partial charge in [0.05, 0.1) is 10.6 Å². The molecular weight excluding hydrogens is 148 g/mol. The third-order valence-corrected chi connectivity index (χ3v) is 1.42. The molecule has 0 aliphatic carbocycles. The van der Waals surface area contributed by atoms with Gasteiger partial charge in [0.15, 0.2) is 0 Å². The zero-order chi connectivity index (χ0) is 7.56. The van der Waals surface area contributed by atoms with Gasteiger partial charge < -0.3 is 0 Å². The molecule has 0 radical (unpaired) electrons. The van der Waals surface area contributed by atoms with Gasteiger partial charge in [0.2, 0.25) is 0 Å². The van der Waals surface area contributed by atoms with Crippen LogP contribution in [0.1, 0.15) is 11.3 Å². The summed E-state index contributed by atoms with van der Waals surface area (Å²) in [5.41, 5.74) is 1.25. The predicted molar refractivity (Wildman–Crippen MR) is 38.7 cm³/mol. The fourth-order valence-corrected chi connectivity index (χ4v) is 0.858. The molecule has 0 saturated heterocycles. The fourth-order valence-electron chi connectivity index (χ4n) is 0.609. The summed E-state index contributed by atoms with van der Waals surface area (Å²) in [5, 5.41) is 8.90. The molecule has 0 atom stereocenters. The lowest BCUT2D eigenvalue weighted by atomic mass is 10.3. The number of nitrogens with zero attached hydrogens (tertiary/aromatic N) is 2. The third-order valence-electron chi connectivity index (χ3n) is 1.11. The second kappa shape index (κ2) is 2.68. The molecule has 0 amide bonds. The monoisotopic (exact) mass is 152 g/mol. The summed E-state index contributed by atoms with van der Waals surface area (Å²) in [6.07, 6.45) is 1.47. The van der Waals surface area contributed by atoms with E-state index in [0.29, 0.717) is 10.6 Å². The molecule has 0 N–H and O–H groups in total. The highest BCUT2D eigenvalue weighted by molar-refractivity contribution is 6.31. The summed E-state index contributed by atoms with van der Waals surface area (Å²) < 4.78 is 0. The molecule has 0 spiro atoms. The first-order valence-electron chi connectivity index (χ1n) is 2.76. The molecule has 1 rings (SSSR count). The number of rotatable bonds is 0. The number of nitriles is 1. The SMILES string of the molecule is Cc1cc(Cl)c(C#N)cn1. The molecule has 2 nitrogen and oxygen atoms in total. The van der Waals surface area contributed by atoms with E-state index < -0.39 is 0 Å². The Kier molecular flexibility index (Phi) is 1.88. The maximum absolute atomic E-state index is 8.43. The van der Waals surface area contributed by atoms with Crippen LogP contribution in [0, 0.1) is 18.3 Å². The van der Waals surface area contributed by atoms with Crippen LogP contribution in [0.4, 0.5) is 0 Å². The van der Waals surface area contributed by atoms with E-state index in [1.165, 1.54) is 6.20 Å². The Balaban J connectivity index is 3.23. The minimum atomic E-state index is 0.423. The van der Waals surface area contributed by atoms with Crippen molar-refractivity contribution in [2.75, 3.05) is 0 Å². The zero-order valence-electron chi connectivity index (χ0n) is 5.43. The molecule has 10 heavy (non-hydrogen) atoms. The second-order valence-electron chi connectivity index (χ2n) is 1.92. The average Bonchev–Trinajstić information content (AvgIpc) is 1.88. The summed E-state index contributed by atoms with van der Waals surface area (Å²) >= 11 is 5.67. The molecule has 0 aromatic carbocycles. The Hall–Kier alpha value is -1.07. The minimum absolute atomic E-state index is 0.423. The number of halogens is 1. The van der Waals surface area contributed by atoms with E-state index in [1.54, 1.807) is 6.07 Å². The van der Waals surface area contributed by atoms with Crippen LogP contribution < -0.4 is 0 Å². The molecule has 0 saturated carbocycles. The van der Waals surface area contributed by atoms with Crippen LogP contribution in [0.5, 0.6) is 0 Å². The summed E-state index contributed by atoms with van der Waals surface area (Å²) in [5.74, 6) is 0. The standard InChI is InChI=1S/C7H5ClN2/c1-5-2-7(8)6(3-9)4-10-5/h2,4H,1H3. The van der Waals surface area contributed by atoms with Gasteiger partial charge >= 0.3 is 0 Å². The molecule has 0 fully saturated rings. The van der Waals surface area contributed by atoms with Crippen molar-refractivity contribution in [1.29, 1.82) is 5.26 Å². The quantitative estimate of drug-likeness (QED) is 0.570. The van der Waals surface area contributed by atoms with Gasteiger partial charge in [0, 0.05) is 11.9 Å². The Morgan fingerprint density at radius 3 is 2.90 bits per heavy atom. The van der Waals surface area contributed by atoms with Crippen molar-refractivity contribution in [3.8, 4) is 6.07 Å². The topological polar surface area (TPSA) is 36.7 Å². The van der Waals surface area contributed by atoms with E-state index >= 15 is 0 Å². The molecule has 1 aromatic rings. The average molecular weight is 153 g/mol. The summed E-state index contributed by atoms with van der Waals surface area (Å²) in [4.78, 5) is 3.90. The van der Waals surface area contributed by atoms with Gasteiger partial charge in [-0.1, -0.05) is 11.6 Å². The maximum Gasteiger partial charge on any atom is 0.102 e. The first kappa shape index (κ1) is 7.04. The minimum Gasteiger partial charge on any atom is -0.260 e. The highest BCUT2D eigenvalue weighted by atomic mass is 35.5. The van der Waals surface area contributed by atoms with Crippen molar-refractivity contribution in [3.63, 3.8) is 0 Å². The highest BCUT2D eigenvalue weighted by Crippen LogP contribution is 2.13. The van der Waals surface area contributed by atoms with Crippen LogP contribution in [0.15, 0.2) is 12.3 Å². The smallest absolute Gasteiger partial charge is 0.102 e. The normalized spacial score (nSPS) is 8.90. The zero-order valence-corrected chi connectivity index (χ0v) is 6.18. The molecule has 0 bridgehead atoms. The Labute approximate surface area is 64.1 Å². The van der Waals surface area contributed by atoms with E-state index in [1.807, 2.05) is 13.0 Å². The van der Waals surface area contributed by atoms with E-state index in [0.717, 1.165) is 5.69 Å². The lowest BCUT2D eigenvalue weighted by Gasteiger charge is -1.93. The van der Waals surface area contributed by atoms with E-state index in [2.05, 4.69) is 4.98 Å². The first-order chi connectivity index (χ1) is 4.74. The van der Waals surface area contributed by atoms with Gasteiger partial charge in [0.1, 0.15) is 6.07 Å². The third kappa shape index (κ3) is 1.26. The Bertz CT molecular complexity index is 288. The van der Waals surface area contributed by atoms with Gasteiger partial charge in [-0.05, 0) is 13.0 Å². The van der Waals surface area contributed by atoms with Crippen LogP contribution in [0.2, 0.25) is 5.02 Å². The molecule has 3 heteroatoms. The van der Waals surface area contributed by atoms with Crippen LogP contribution in [0.25, 0.3) is 0 Å². The number of hydrogen-bond donors (Lipinski definition) is 0. The van der Waals surface area contributed by atoms with Gasteiger partial charge in [-0.25, -0.2) is 0 Å². The lowest BCUT2D eigenvalue weighted by molar-refractivity contribution is 1.19. The van der Waals surface area contributed by atoms with Crippen LogP contribution in [-0.2, 0) is 0 Å². The second-order valence-corrected chi connectivity index (χ2v) is 2.32. The van der Waals surface area contributed by atoms with Gasteiger partial charge in [-0.3, -0.25) is 4.98 Å². The van der Waals surface area contributed by atoms with E-state index in [-0.39, 0.29) is 0 Å². The van der Waals surface area contributed by atoms with Crippen LogP contribution in [0.3, 0.4) is 0 Å². The molecule has 1 heterocycles. The van der Waals surface area contributed by atoms with Crippen LogP contribution >= 0.6 is 11.6 Å². The van der Waals surface area contributed by atoms with E-state index in [9.17, 15) is 0 Å². The molecule has 0 aliphatic rings. The van der Waals surface area contributed by atoms with Crippen molar-refractivity contribution in [1.82, 2.24) is 4.98 Å². The number of aryl methyl sites for hydroxylation is 1. The van der Waals surface area contributed by atoms with Crippen molar-refractivity contribution in [3.05, 3.63) is 28.5 Å². The fraction of sp³-hybridized carbons (Fsp3) is 0.143. The van der Waals surface area contributed by atoms with Crippen molar-refractivity contribution in [2.45, 2.75) is 6.92 Å². The van der Waals surface area contributed by atoms with E-state index in [4.69, 9.17) is 16.9 Å². The molecule has 0 unspecified atom stereocenters. The van der Waals surface area contributed by atoms with Gasteiger partial charge in [-0.2, -0.15) is 5.26 Å². The molecular formula is C7H5ClN2. The number of aromatic nitrogens is 1.